The standard InChI is InChI=1S/C14H22ClN/c1-12(2)7-5-6-10-16-11-13-8-3-4-9-14(13)15/h3-4,8-9,12,16H,5-7,10-11H2,1-2H3. The molecule has 0 unspecified atom stereocenters. The van der Waals surface area contributed by atoms with Crippen molar-refractivity contribution in [2.75, 3.05) is 6.54 Å². The predicted octanol–water partition coefficient (Wildman–Crippen LogP) is 4.26. The molecule has 0 aliphatic carbocycles. The molecule has 0 spiro atoms. The number of rotatable bonds is 7. The minimum atomic E-state index is 0.823. The Bertz CT molecular complexity index is 297. The molecule has 0 saturated carbocycles. The zero-order valence-electron chi connectivity index (χ0n) is 10.3. The van der Waals surface area contributed by atoms with Crippen molar-refractivity contribution in [3.8, 4) is 0 Å². The number of hydrogen-bond donors (Lipinski definition) is 1. The van der Waals surface area contributed by atoms with Crippen molar-refractivity contribution >= 4 is 11.6 Å². The van der Waals surface area contributed by atoms with E-state index in [-0.39, 0.29) is 0 Å². The Morgan fingerprint density at radius 1 is 1.19 bits per heavy atom. The van der Waals surface area contributed by atoms with Crippen molar-refractivity contribution in [1.82, 2.24) is 5.32 Å². The van der Waals surface area contributed by atoms with Gasteiger partial charge in [-0.3, -0.25) is 0 Å². The van der Waals surface area contributed by atoms with Gasteiger partial charge in [-0.2, -0.15) is 0 Å². The molecule has 0 radical (unpaired) electrons. The maximum Gasteiger partial charge on any atom is 0.0450 e. The molecule has 0 fully saturated rings. The third-order valence-electron chi connectivity index (χ3n) is 2.66. The van der Waals surface area contributed by atoms with Crippen LogP contribution in [0.15, 0.2) is 24.3 Å². The Balaban J connectivity index is 2.10. The molecular weight excluding hydrogens is 218 g/mol. The monoisotopic (exact) mass is 239 g/mol. The van der Waals surface area contributed by atoms with Crippen LogP contribution >= 0.6 is 11.6 Å². The normalized spacial score (nSPS) is 11.0. The minimum Gasteiger partial charge on any atom is -0.313 e. The van der Waals surface area contributed by atoms with Crippen molar-refractivity contribution in [2.24, 2.45) is 5.92 Å². The van der Waals surface area contributed by atoms with Crippen molar-refractivity contribution in [3.63, 3.8) is 0 Å². The van der Waals surface area contributed by atoms with Crippen molar-refractivity contribution < 1.29 is 0 Å². The fourth-order valence-corrected chi connectivity index (χ4v) is 1.87. The summed E-state index contributed by atoms with van der Waals surface area (Å²) in [5.41, 5.74) is 1.19. The number of hydrogen-bond acceptors (Lipinski definition) is 1. The van der Waals surface area contributed by atoms with Crippen LogP contribution in [0.25, 0.3) is 0 Å². The van der Waals surface area contributed by atoms with Crippen LogP contribution in [-0.2, 0) is 6.54 Å². The molecule has 1 N–H and O–H groups in total. The summed E-state index contributed by atoms with van der Waals surface area (Å²) >= 11 is 6.07. The smallest absolute Gasteiger partial charge is 0.0450 e. The topological polar surface area (TPSA) is 12.0 Å². The molecule has 0 atom stereocenters. The lowest BCUT2D eigenvalue weighted by Gasteiger charge is -2.07. The average molecular weight is 240 g/mol. The van der Waals surface area contributed by atoms with E-state index in [0.717, 1.165) is 24.0 Å². The Hall–Kier alpha value is -0.530. The molecule has 1 aromatic rings. The molecule has 0 bridgehead atoms. The second kappa shape index (κ2) is 7.70. The van der Waals surface area contributed by atoms with E-state index in [9.17, 15) is 0 Å². The summed E-state index contributed by atoms with van der Waals surface area (Å²) in [6.45, 7) is 6.51. The quantitative estimate of drug-likeness (QED) is 0.702. The number of nitrogens with one attached hydrogen (secondary N) is 1. The lowest BCUT2D eigenvalue weighted by atomic mass is 10.1. The fraction of sp³-hybridized carbons (Fsp3) is 0.571. The Morgan fingerprint density at radius 2 is 1.94 bits per heavy atom. The SMILES string of the molecule is CC(C)CCCCNCc1ccccc1Cl. The number of halogens is 1. The Morgan fingerprint density at radius 3 is 2.62 bits per heavy atom. The van der Waals surface area contributed by atoms with Crippen LogP contribution in [0.1, 0.15) is 38.7 Å². The molecule has 0 amide bonds. The van der Waals surface area contributed by atoms with Gasteiger partial charge in [-0.25, -0.2) is 0 Å². The van der Waals surface area contributed by atoms with Crippen LogP contribution in [0.2, 0.25) is 5.02 Å². The lowest BCUT2D eigenvalue weighted by Crippen LogP contribution is -2.15. The van der Waals surface area contributed by atoms with Gasteiger partial charge >= 0.3 is 0 Å². The summed E-state index contributed by atoms with van der Waals surface area (Å²) in [6, 6.07) is 8.01. The molecule has 16 heavy (non-hydrogen) atoms. The van der Waals surface area contributed by atoms with Gasteiger partial charge in [-0.15, -0.1) is 0 Å². The molecule has 0 saturated heterocycles. The van der Waals surface area contributed by atoms with Gasteiger partial charge in [0.2, 0.25) is 0 Å². The van der Waals surface area contributed by atoms with Gasteiger partial charge in [0.1, 0.15) is 0 Å². The first-order valence-corrected chi connectivity index (χ1v) is 6.52. The maximum atomic E-state index is 6.07. The number of unbranched alkanes of at least 4 members (excludes halogenated alkanes) is 1. The van der Waals surface area contributed by atoms with E-state index in [1.165, 1.54) is 24.8 Å². The average Bonchev–Trinajstić information content (AvgIpc) is 2.25. The maximum absolute atomic E-state index is 6.07. The molecule has 90 valence electrons. The van der Waals surface area contributed by atoms with Gasteiger partial charge in [-0.05, 0) is 30.5 Å². The Kier molecular flexibility index (Phi) is 6.51. The molecule has 0 aliphatic heterocycles. The zero-order valence-corrected chi connectivity index (χ0v) is 11.1. The molecule has 0 aliphatic rings. The van der Waals surface area contributed by atoms with Crippen LogP contribution in [0, 0.1) is 5.92 Å². The van der Waals surface area contributed by atoms with E-state index in [2.05, 4.69) is 25.2 Å². The van der Waals surface area contributed by atoms with Crippen molar-refractivity contribution in [2.45, 2.75) is 39.7 Å². The predicted molar refractivity (Wildman–Crippen MR) is 71.8 cm³/mol. The van der Waals surface area contributed by atoms with Crippen molar-refractivity contribution in [3.05, 3.63) is 34.9 Å². The lowest BCUT2D eigenvalue weighted by molar-refractivity contribution is 0.520. The highest BCUT2D eigenvalue weighted by atomic mass is 35.5. The van der Waals surface area contributed by atoms with Gasteiger partial charge in [-0.1, -0.05) is 56.5 Å². The van der Waals surface area contributed by atoms with E-state index >= 15 is 0 Å². The molecule has 0 aromatic heterocycles. The molecule has 1 nitrogen and oxygen atoms in total. The van der Waals surface area contributed by atoms with Gasteiger partial charge in [0.05, 0.1) is 0 Å². The van der Waals surface area contributed by atoms with Crippen LogP contribution < -0.4 is 5.32 Å². The van der Waals surface area contributed by atoms with Crippen molar-refractivity contribution in [1.29, 1.82) is 0 Å². The highest BCUT2D eigenvalue weighted by molar-refractivity contribution is 6.31. The second-order valence-electron chi connectivity index (χ2n) is 4.66. The first-order valence-electron chi connectivity index (χ1n) is 6.14. The molecule has 0 heterocycles. The summed E-state index contributed by atoms with van der Waals surface area (Å²) in [4.78, 5) is 0. The van der Waals surface area contributed by atoms with Crippen LogP contribution in [0.4, 0.5) is 0 Å². The zero-order chi connectivity index (χ0) is 11.8. The van der Waals surface area contributed by atoms with Crippen LogP contribution in [-0.4, -0.2) is 6.54 Å². The molecule has 1 aromatic carbocycles. The summed E-state index contributed by atoms with van der Waals surface area (Å²) in [5.74, 6) is 0.823. The summed E-state index contributed by atoms with van der Waals surface area (Å²) < 4.78 is 0. The van der Waals surface area contributed by atoms with E-state index in [0.29, 0.717) is 0 Å². The largest absolute Gasteiger partial charge is 0.313 e. The van der Waals surface area contributed by atoms with E-state index in [1.54, 1.807) is 0 Å². The molecule has 1 rings (SSSR count). The highest BCUT2D eigenvalue weighted by Crippen LogP contribution is 2.14. The summed E-state index contributed by atoms with van der Waals surface area (Å²) in [5, 5.41) is 4.29. The third kappa shape index (κ3) is 5.53. The van der Waals surface area contributed by atoms with Gasteiger partial charge in [0.25, 0.3) is 0 Å². The summed E-state index contributed by atoms with van der Waals surface area (Å²) in [6.07, 6.45) is 3.89. The molecule has 2 heteroatoms. The number of benzene rings is 1. The van der Waals surface area contributed by atoms with Gasteiger partial charge in [0.15, 0.2) is 0 Å². The van der Waals surface area contributed by atoms with Crippen LogP contribution in [0.5, 0.6) is 0 Å². The third-order valence-corrected chi connectivity index (χ3v) is 3.03. The highest BCUT2D eigenvalue weighted by Gasteiger charge is 1.98. The van der Waals surface area contributed by atoms with Gasteiger partial charge in [0, 0.05) is 11.6 Å². The Labute approximate surface area is 104 Å². The summed E-state index contributed by atoms with van der Waals surface area (Å²) in [7, 11) is 0. The first kappa shape index (κ1) is 13.5. The van der Waals surface area contributed by atoms with Gasteiger partial charge < -0.3 is 5.32 Å². The first-order chi connectivity index (χ1) is 7.70. The van der Waals surface area contributed by atoms with Crippen LogP contribution in [0.3, 0.4) is 0 Å². The minimum absolute atomic E-state index is 0.823. The second-order valence-corrected chi connectivity index (χ2v) is 5.07. The fourth-order valence-electron chi connectivity index (χ4n) is 1.67. The van der Waals surface area contributed by atoms with E-state index in [1.807, 2.05) is 18.2 Å². The van der Waals surface area contributed by atoms with E-state index < -0.39 is 0 Å². The van der Waals surface area contributed by atoms with E-state index in [4.69, 9.17) is 11.6 Å². The molecular formula is C14H22ClN.